The molecule has 0 saturated carbocycles. The summed E-state index contributed by atoms with van der Waals surface area (Å²) < 4.78 is 24.0. The fraction of sp³-hybridized carbons (Fsp3) is 0.889. The van der Waals surface area contributed by atoms with Gasteiger partial charge in [-0.3, -0.25) is 4.79 Å². The molecular formula is C9H17ClF2N2O. The van der Waals surface area contributed by atoms with Gasteiger partial charge >= 0.3 is 0 Å². The summed E-state index contributed by atoms with van der Waals surface area (Å²) in [5.41, 5.74) is 0. The number of rotatable bonds is 3. The minimum Gasteiger partial charge on any atom is -0.340 e. The third-order valence-corrected chi connectivity index (χ3v) is 2.43. The van der Waals surface area contributed by atoms with Gasteiger partial charge < -0.3 is 10.2 Å². The van der Waals surface area contributed by atoms with Crippen molar-refractivity contribution in [1.29, 1.82) is 0 Å². The van der Waals surface area contributed by atoms with Crippen LogP contribution >= 0.6 is 12.4 Å². The second kappa shape index (κ2) is 6.95. The highest BCUT2D eigenvalue weighted by molar-refractivity contribution is 5.85. The van der Waals surface area contributed by atoms with Crippen molar-refractivity contribution in [2.45, 2.75) is 19.3 Å². The molecule has 1 fully saturated rings. The Labute approximate surface area is 94.6 Å². The Morgan fingerprint density at radius 3 is 2.73 bits per heavy atom. The van der Waals surface area contributed by atoms with Gasteiger partial charge in [-0.15, -0.1) is 12.4 Å². The van der Waals surface area contributed by atoms with Gasteiger partial charge in [0.1, 0.15) is 0 Å². The van der Waals surface area contributed by atoms with Gasteiger partial charge in [-0.2, -0.15) is 0 Å². The van der Waals surface area contributed by atoms with Crippen LogP contribution in [0, 0.1) is 5.92 Å². The Bertz CT molecular complexity index is 199. The number of hydrogen-bond acceptors (Lipinski definition) is 2. The molecule has 90 valence electrons. The van der Waals surface area contributed by atoms with Gasteiger partial charge in [-0.25, -0.2) is 8.78 Å². The van der Waals surface area contributed by atoms with Crippen molar-refractivity contribution in [3.63, 3.8) is 0 Å². The summed E-state index contributed by atoms with van der Waals surface area (Å²) in [7, 11) is 1.43. The molecule has 15 heavy (non-hydrogen) atoms. The first-order valence-electron chi connectivity index (χ1n) is 4.85. The van der Waals surface area contributed by atoms with E-state index < -0.39 is 13.0 Å². The molecule has 1 amide bonds. The fourth-order valence-corrected chi connectivity index (χ4v) is 1.67. The normalized spacial score (nSPS) is 20.9. The molecule has 0 aromatic heterocycles. The second-order valence-electron chi connectivity index (χ2n) is 3.65. The molecule has 1 heterocycles. The average Bonchev–Trinajstić information content (AvgIpc) is 2.17. The molecule has 0 spiro atoms. The average molecular weight is 243 g/mol. The minimum atomic E-state index is -2.44. The van der Waals surface area contributed by atoms with Crippen molar-refractivity contribution < 1.29 is 13.6 Å². The second-order valence-corrected chi connectivity index (χ2v) is 3.65. The van der Waals surface area contributed by atoms with Gasteiger partial charge in [0.05, 0.1) is 12.5 Å². The molecule has 1 saturated heterocycles. The maximum absolute atomic E-state index is 12.0. The molecule has 1 aliphatic rings. The SMILES string of the molecule is CN(CC(F)F)C(=O)C1CCCNC1.Cl. The molecule has 0 aromatic carbocycles. The van der Waals surface area contributed by atoms with Crippen molar-refractivity contribution >= 4 is 18.3 Å². The first kappa shape index (κ1) is 14.6. The van der Waals surface area contributed by atoms with Crippen LogP contribution in [-0.4, -0.2) is 43.9 Å². The zero-order valence-corrected chi connectivity index (χ0v) is 9.53. The molecular weight excluding hydrogens is 226 g/mol. The van der Waals surface area contributed by atoms with E-state index in [9.17, 15) is 13.6 Å². The lowest BCUT2D eigenvalue weighted by Crippen LogP contribution is -2.42. The van der Waals surface area contributed by atoms with E-state index in [1.165, 1.54) is 7.05 Å². The van der Waals surface area contributed by atoms with Gasteiger partial charge in [-0.05, 0) is 19.4 Å². The number of nitrogens with zero attached hydrogens (tertiary/aromatic N) is 1. The summed E-state index contributed by atoms with van der Waals surface area (Å²) in [6, 6.07) is 0. The van der Waals surface area contributed by atoms with E-state index in [4.69, 9.17) is 0 Å². The molecule has 0 aromatic rings. The Hall–Kier alpha value is -0.420. The summed E-state index contributed by atoms with van der Waals surface area (Å²) in [5.74, 6) is -0.287. The molecule has 3 nitrogen and oxygen atoms in total. The molecule has 1 unspecified atom stereocenters. The van der Waals surface area contributed by atoms with E-state index in [1.807, 2.05) is 0 Å². The number of halogens is 3. The van der Waals surface area contributed by atoms with Crippen molar-refractivity contribution in [3.8, 4) is 0 Å². The first-order chi connectivity index (χ1) is 6.61. The third-order valence-electron chi connectivity index (χ3n) is 2.43. The van der Waals surface area contributed by atoms with Gasteiger partial charge in [0, 0.05) is 13.6 Å². The van der Waals surface area contributed by atoms with Gasteiger partial charge in [-0.1, -0.05) is 0 Å². The highest BCUT2D eigenvalue weighted by atomic mass is 35.5. The van der Waals surface area contributed by atoms with Crippen LogP contribution in [0.2, 0.25) is 0 Å². The lowest BCUT2D eigenvalue weighted by atomic mass is 9.98. The van der Waals surface area contributed by atoms with Gasteiger partial charge in [0.15, 0.2) is 0 Å². The molecule has 0 radical (unpaired) electrons. The Kier molecular flexibility index (Phi) is 6.76. The van der Waals surface area contributed by atoms with Crippen LogP contribution < -0.4 is 5.32 Å². The number of carbonyl (C=O) groups excluding carboxylic acids is 1. The quantitative estimate of drug-likeness (QED) is 0.805. The van der Waals surface area contributed by atoms with Crippen molar-refractivity contribution in [3.05, 3.63) is 0 Å². The number of piperidine rings is 1. The van der Waals surface area contributed by atoms with E-state index in [0.29, 0.717) is 6.54 Å². The number of alkyl halides is 2. The smallest absolute Gasteiger partial charge is 0.255 e. The summed E-state index contributed by atoms with van der Waals surface area (Å²) in [6.07, 6.45) is -0.696. The lowest BCUT2D eigenvalue weighted by Gasteiger charge is -2.26. The molecule has 1 aliphatic heterocycles. The fourth-order valence-electron chi connectivity index (χ4n) is 1.67. The van der Waals surface area contributed by atoms with Crippen molar-refractivity contribution in [2.75, 3.05) is 26.7 Å². The van der Waals surface area contributed by atoms with E-state index in [1.54, 1.807) is 0 Å². The lowest BCUT2D eigenvalue weighted by molar-refractivity contribution is -0.136. The molecule has 1 atom stereocenters. The van der Waals surface area contributed by atoms with E-state index >= 15 is 0 Å². The van der Waals surface area contributed by atoms with Crippen molar-refractivity contribution in [1.82, 2.24) is 10.2 Å². The Morgan fingerprint density at radius 2 is 2.27 bits per heavy atom. The zero-order valence-electron chi connectivity index (χ0n) is 8.71. The van der Waals surface area contributed by atoms with Crippen LogP contribution in [0.25, 0.3) is 0 Å². The number of nitrogens with one attached hydrogen (secondary N) is 1. The van der Waals surface area contributed by atoms with Crippen LogP contribution in [0.1, 0.15) is 12.8 Å². The van der Waals surface area contributed by atoms with Crippen LogP contribution in [-0.2, 0) is 4.79 Å². The first-order valence-corrected chi connectivity index (χ1v) is 4.85. The predicted octanol–water partition coefficient (Wildman–Crippen LogP) is 1.13. The Morgan fingerprint density at radius 1 is 1.60 bits per heavy atom. The maximum atomic E-state index is 12.0. The topological polar surface area (TPSA) is 32.3 Å². The largest absolute Gasteiger partial charge is 0.340 e. The standard InChI is InChI=1S/C9H16F2N2O.ClH/c1-13(6-8(10)11)9(14)7-3-2-4-12-5-7;/h7-8,12H,2-6H2,1H3;1H. The molecule has 6 heteroatoms. The number of hydrogen-bond donors (Lipinski definition) is 1. The van der Waals surface area contributed by atoms with E-state index in [-0.39, 0.29) is 24.2 Å². The summed E-state index contributed by atoms with van der Waals surface area (Å²) >= 11 is 0. The zero-order chi connectivity index (χ0) is 10.6. The Balaban J connectivity index is 0.00000196. The van der Waals surface area contributed by atoms with Gasteiger partial charge in [0.25, 0.3) is 6.43 Å². The van der Waals surface area contributed by atoms with Crippen molar-refractivity contribution in [2.24, 2.45) is 5.92 Å². The number of amides is 1. The molecule has 0 bridgehead atoms. The van der Waals surface area contributed by atoms with Crippen LogP contribution in [0.15, 0.2) is 0 Å². The van der Waals surface area contributed by atoms with E-state index in [0.717, 1.165) is 24.3 Å². The summed E-state index contributed by atoms with van der Waals surface area (Å²) in [4.78, 5) is 12.7. The monoisotopic (exact) mass is 242 g/mol. The highest BCUT2D eigenvalue weighted by Gasteiger charge is 2.25. The predicted molar refractivity (Wildman–Crippen MR) is 56.5 cm³/mol. The maximum Gasteiger partial charge on any atom is 0.255 e. The van der Waals surface area contributed by atoms with E-state index in [2.05, 4.69) is 5.32 Å². The minimum absolute atomic E-state index is 0. The van der Waals surface area contributed by atoms with Crippen LogP contribution in [0.5, 0.6) is 0 Å². The summed E-state index contributed by atoms with van der Waals surface area (Å²) in [6.45, 7) is 1.07. The summed E-state index contributed by atoms with van der Waals surface area (Å²) in [5, 5.41) is 3.09. The molecule has 0 aliphatic carbocycles. The van der Waals surface area contributed by atoms with Crippen LogP contribution in [0.4, 0.5) is 8.78 Å². The third kappa shape index (κ3) is 4.75. The van der Waals surface area contributed by atoms with Gasteiger partial charge in [0.2, 0.25) is 5.91 Å². The highest BCUT2D eigenvalue weighted by Crippen LogP contribution is 2.13. The number of carbonyl (C=O) groups is 1. The van der Waals surface area contributed by atoms with Crippen LogP contribution in [0.3, 0.4) is 0 Å². The molecule has 1 rings (SSSR count). The molecule has 1 N–H and O–H groups in total.